The molecule has 0 radical (unpaired) electrons. The molecule has 4 nitrogen and oxygen atoms in total. The maximum absolute atomic E-state index is 12.0. The maximum atomic E-state index is 12.0. The lowest BCUT2D eigenvalue weighted by atomic mass is 9.89. The summed E-state index contributed by atoms with van der Waals surface area (Å²) < 4.78 is 0. The Kier molecular flexibility index (Phi) is 5.47. The Morgan fingerprint density at radius 3 is 2.17 bits per heavy atom. The summed E-state index contributed by atoms with van der Waals surface area (Å²) in [5, 5.41) is 28.9. The lowest BCUT2D eigenvalue weighted by Crippen LogP contribution is -2.36. The third-order valence-electron chi connectivity index (χ3n) is 3.01. The van der Waals surface area contributed by atoms with Crippen molar-refractivity contribution < 1.29 is 20.1 Å². The van der Waals surface area contributed by atoms with E-state index in [-0.39, 0.29) is 6.42 Å². The molecule has 1 aromatic rings. The van der Waals surface area contributed by atoms with Crippen LogP contribution in [-0.4, -0.2) is 39.4 Å². The second-order valence-electron chi connectivity index (χ2n) is 4.69. The van der Waals surface area contributed by atoms with Crippen molar-refractivity contribution in [2.75, 3.05) is 0 Å². The van der Waals surface area contributed by atoms with Gasteiger partial charge < -0.3 is 15.3 Å². The molecule has 3 N–H and O–H groups in total. The summed E-state index contributed by atoms with van der Waals surface area (Å²) >= 11 is 0. The number of aliphatic hydroxyl groups excluding tert-OH is 3. The molecule has 4 heteroatoms. The van der Waals surface area contributed by atoms with Gasteiger partial charge in [0, 0.05) is 11.5 Å². The van der Waals surface area contributed by atoms with E-state index in [1.165, 1.54) is 0 Å². The van der Waals surface area contributed by atoms with Gasteiger partial charge in [-0.15, -0.1) is 0 Å². The van der Waals surface area contributed by atoms with Gasteiger partial charge in [0.1, 0.15) is 6.10 Å². The number of benzene rings is 1. The number of aliphatic hydroxyl groups is 3. The molecule has 0 aromatic heterocycles. The number of carbonyl (C=O) groups is 1. The van der Waals surface area contributed by atoms with Crippen molar-refractivity contribution in [1.82, 2.24) is 0 Å². The molecule has 0 saturated carbocycles. The third-order valence-corrected chi connectivity index (χ3v) is 3.01. The Hall–Kier alpha value is -1.23. The summed E-state index contributed by atoms with van der Waals surface area (Å²) in [4.78, 5) is 12.0. The highest BCUT2D eigenvalue weighted by atomic mass is 16.3. The van der Waals surface area contributed by atoms with Crippen LogP contribution in [0, 0.1) is 5.92 Å². The fraction of sp³-hybridized carbons (Fsp3) is 0.500. The maximum Gasteiger partial charge on any atom is 0.191 e. The van der Waals surface area contributed by atoms with E-state index in [1.54, 1.807) is 44.2 Å². The molecule has 1 rings (SSSR count). The van der Waals surface area contributed by atoms with Crippen molar-refractivity contribution >= 4 is 5.78 Å². The number of hydrogen-bond acceptors (Lipinski definition) is 4. The topological polar surface area (TPSA) is 77.8 Å². The van der Waals surface area contributed by atoms with Crippen LogP contribution in [0.5, 0.6) is 0 Å². The molecule has 0 aliphatic rings. The molecule has 4 unspecified atom stereocenters. The Labute approximate surface area is 107 Å². The molecule has 1 aromatic carbocycles. The molecule has 18 heavy (non-hydrogen) atoms. The van der Waals surface area contributed by atoms with Gasteiger partial charge >= 0.3 is 0 Å². The van der Waals surface area contributed by atoms with Crippen LogP contribution in [0.1, 0.15) is 30.6 Å². The number of carbonyl (C=O) groups excluding carboxylic acids is 1. The van der Waals surface area contributed by atoms with Crippen LogP contribution in [-0.2, 0) is 0 Å². The van der Waals surface area contributed by atoms with Gasteiger partial charge in [0.15, 0.2) is 5.78 Å². The zero-order chi connectivity index (χ0) is 13.7. The first-order chi connectivity index (χ1) is 8.43. The molecule has 0 fully saturated rings. The predicted molar refractivity (Wildman–Crippen MR) is 68.2 cm³/mol. The first-order valence-corrected chi connectivity index (χ1v) is 6.07. The first kappa shape index (κ1) is 14.8. The zero-order valence-corrected chi connectivity index (χ0v) is 10.7. The average molecular weight is 252 g/mol. The van der Waals surface area contributed by atoms with Crippen molar-refractivity contribution in [2.24, 2.45) is 5.92 Å². The lowest BCUT2D eigenvalue weighted by Gasteiger charge is -2.24. The summed E-state index contributed by atoms with van der Waals surface area (Å²) in [6, 6.07) is 8.47. The van der Waals surface area contributed by atoms with Gasteiger partial charge in [0.2, 0.25) is 0 Å². The molecule has 0 amide bonds. The second kappa shape index (κ2) is 6.64. The third kappa shape index (κ3) is 3.91. The minimum atomic E-state index is -1.26. The van der Waals surface area contributed by atoms with Gasteiger partial charge in [-0.25, -0.2) is 0 Å². The minimum Gasteiger partial charge on any atom is -0.393 e. The molecular weight excluding hydrogens is 232 g/mol. The van der Waals surface area contributed by atoms with Crippen molar-refractivity contribution in [3.8, 4) is 0 Å². The fourth-order valence-corrected chi connectivity index (χ4v) is 1.79. The van der Waals surface area contributed by atoms with E-state index >= 15 is 0 Å². The summed E-state index contributed by atoms with van der Waals surface area (Å²) in [6.07, 6.45) is -2.70. The van der Waals surface area contributed by atoms with Gasteiger partial charge in [0.05, 0.1) is 12.2 Å². The highest BCUT2D eigenvalue weighted by Gasteiger charge is 2.29. The van der Waals surface area contributed by atoms with Crippen LogP contribution in [0.2, 0.25) is 0 Å². The monoisotopic (exact) mass is 252 g/mol. The van der Waals surface area contributed by atoms with Gasteiger partial charge in [-0.1, -0.05) is 37.3 Å². The van der Waals surface area contributed by atoms with Gasteiger partial charge in [-0.3, -0.25) is 4.79 Å². The fourth-order valence-electron chi connectivity index (χ4n) is 1.79. The predicted octanol–water partition coefficient (Wildman–Crippen LogP) is 0.998. The van der Waals surface area contributed by atoms with E-state index in [1.807, 2.05) is 0 Å². The van der Waals surface area contributed by atoms with E-state index < -0.39 is 30.0 Å². The standard InChI is InChI=1S/C14H20O4/c1-9(15)8-12(16)10(2)13(17)14(18)11-6-4-3-5-7-11/h3-7,9-10,12-13,15-17H,8H2,1-2H3. The summed E-state index contributed by atoms with van der Waals surface area (Å²) in [5.41, 5.74) is 0.418. The van der Waals surface area contributed by atoms with E-state index in [4.69, 9.17) is 0 Å². The molecule has 100 valence electrons. The molecule has 0 aliphatic heterocycles. The number of rotatable bonds is 6. The SMILES string of the molecule is CC(O)CC(O)C(C)C(O)C(=O)c1ccccc1. The molecule has 0 saturated heterocycles. The molecular formula is C14H20O4. The van der Waals surface area contributed by atoms with E-state index in [9.17, 15) is 20.1 Å². The smallest absolute Gasteiger partial charge is 0.191 e. The zero-order valence-electron chi connectivity index (χ0n) is 10.7. The molecule has 0 heterocycles. The van der Waals surface area contributed by atoms with Crippen molar-refractivity contribution in [1.29, 1.82) is 0 Å². The Bertz CT molecular complexity index is 375. The second-order valence-corrected chi connectivity index (χ2v) is 4.69. The normalized spacial score (nSPS) is 17.8. The lowest BCUT2D eigenvalue weighted by molar-refractivity contribution is 0.00198. The van der Waals surface area contributed by atoms with Crippen LogP contribution in [0.3, 0.4) is 0 Å². The van der Waals surface area contributed by atoms with Crippen molar-refractivity contribution in [3.63, 3.8) is 0 Å². The van der Waals surface area contributed by atoms with E-state index in [0.29, 0.717) is 5.56 Å². The molecule has 4 atom stereocenters. The van der Waals surface area contributed by atoms with Gasteiger partial charge in [0.25, 0.3) is 0 Å². The van der Waals surface area contributed by atoms with Crippen LogP contribution in [0.15, 0.2) is 30.3 Å². The minimum absolute atomic E-state index is 0.139. The van der Waals surface area contributed by atoms with Gasteiger partial charge in [-0.2, -0.15) is 0 Å². The quantitative estimate of drug-likeness (QED) is 0.660. The highest BCUT2D eigenvalue weighted by molar-refractivity contribution is 5.99. The van der Waals surface area contributed by atoms with Crippen LogP contribution < -0.4 is 0 Å². The van der Waals surface area contributed by atoms with E-state index in [0.717, 1.165) is 0 Å². The summed E-state index contributed by atoms with van der Waals surface area (Å²) in [7, 11) is 0. The van der Waals surface area contributed by atoms with Crippen molar-refractivity contribution in [2.45, 2.75) is 38.6 Å². The number of Topliss-reactive ketones (excluding diaryl/α,β-unsaturated/α-hetero) is 1. The van der Waals surface area contributed by atoms with Crippen LogP contribution in [0.25, 0.3) is 0 Å². The van der Waals surface area contributed by atoms with Crippen LogP contribution >= 0.6 is 0 Å². The molecule has 0 aliphatic carbocycles. The molecule has 0 bridgehead atoms. The van der Waals surface area contributed by atoms with Crippen LogP contribution in [0.4, 0.5) is 0 Å². The average Bonchev–Trinajstić information content (AvgIpc) is 2.36. The number of ketones is 1. The van der Waals surface area contributed by atoms with Crippen molar-refractivity contribution in [3.05, 3.63) is 35.9 Å². The van der Waals surface area contributed by atoms with E-state index in [2.05, 4.69) is 0 Å². The molecule has 0 spiro atoms. The highest BCUT2D eigenvalue weighted by Crippen LogP contribution is 2.17. The van der Waals surface area contributed by atoms with Gasteiger partial charge in [-0.05, 0) is 13.3 Å². The summed E-state index contributed by atoms with van der Waals surface area (Å²) in [6.45, 7) is 3.15. The Morgan fingerprint density at radius 1 is 1.11 bits per heavy atom. The first-order valence-electron chi connectivity index (χ1n) is 6.07. The Morgan fingerprint density at radius 2 is 1.67 bits per heavy atom. The number of hydrogen-bond donors (Lipinski definition) is 3. The Balaban J connectivity index is 2.69. The summed E-state index contributed by atoms with van der Waals surface area (Å²) in [5.74, 6) is -1.03. The largest absolute Gasteiger partial charge is 0.393 e.